The molecular formula is C23H26ClN5O4. The van der Waals surface area contributed by atoms with Crippen LogP contribution in [0.2, 0.25) is 5.02 Å². The predicted molar refractivity (Wildman–Crippen MR) is 125 cm³/mol. The van der Waals surface area contributed by atoms with Crippen LogP contribution in [0.4, 0.5) is 21.0 Å². The molecule has 1 fully saturated rings. The molecule has 0 bridgehead atoms. The Morgan fingerprint density at radius 2 is 1.82 bits per heavy atom. The average molecular weight is 472 g/mol. The maximum absolute atomic E-state index is 13.6. The molecule has 2 aromatic rings. The Balaban J connectivity index is 1.86. The number of alkyl carbamates (subject to hydrolysis) is 1. The zero-order valence-electron chi connectivity index (χ0n) is 18.7. The van der Waals surface area contributed by atoms with Gasteiger partial charge in [-0.1, -0.05) is 23.7 Å². The monoisotopic (exact) mass is 471 g/mol. The number of benzene rings is 2. The molecule has 1 saturated heterocycles. The maximum atomic E-state index is 13.6. The van der Waals surface area contributed by atoms with E-state index in [9.17, 15) is 9.59 Å². The predicted octanol–water partition coefficient (Wildman–Crippen LogP) is 2.26. The summed E-state index contributed by atoms with van der Waals surface area (Å²) in [5.74, 6) is 0.653. The van der Waals surface area contributed by atoms with E-state index in [-0.39, 0.29) is 0 Å². The number of fused-ring (bicyclic) bond motifs is 2. The number of halogens is 1. The van der Waals surface area contributed by atoms with E-state index in [1.54, 1.807) is 18.2 Å². The summed E-state index contributed by atoms with van der Waals surface area (Å²) in [5.41, 5.74) is 1.07. The third-order valence-corrected chi connectivity index (χ3v) is 5.74. The molecule has 0 saturated carbocycles. The first-order valence-corrected chi connectivity index (χ1v) is 11.1. The lowest BCUT2D eigenvalue weighted by Gasteiger charge is -2.39. The van der Waals surface area contributed by atoms with Gasteiger partial charge in [0.15, 0.2) is 0 Å². The van der Waals surface area contributed by atoms with E-state index in [0.717, 1.165) is 23.7 Å². The van der Waals surface area contributed by atoms with Crippen LogP contribution in [-0.2, 0) is 9.47 Å². The van der Waals surface area contributed by atoms with E-state index >= 15 is 0 Å². The molecule has 10 heteroatoms. The lowest BCUT2D eigenvalue weighted by Crippen LogP contribution is -2.51. The molecule has 1 atom stereocenters. The van der Waals surface area contributed by atoms with E-state index in [0.29, 0.717) is 35.3 Å². The number of piperazine rings is 1. The Bertz CT molecular complexity index is 1180. The van der Waals surface area contributed by atoms with Crippen LogP contribution < -0.4 is 20.8 Å². The van der Waals surface area contributed by atoms with Crippen molar-refractivity contribution in [2.45, 2.75) is 13.2 Å². The van der Waals surface area contributed by atoms with Crippen LogP contribution in [0, 0.1) is 0 Å². The Labute approximate surface area is 196 Å². The normalized spacial score (nSPS) is 16.7. The van der Waals surface area contributed by atoms with Crippen LogP contribution in [0.25, 0.3) is 5.82 Å². The average Bonchev–Trinajstić information content (AvgIpc) is 2.93. The van der Waals surface area contributed by atoms with Gasteiger partial charge < -0.3 is 24.6 Å². The number of hydrogen-bond acceptors (Lipinski definition) is 7. The van der Waals surface area contributed by atoms with Gasteiger partial charge in [-0.05, 0) is 37.4 Å². The number of nitrogens with one attached hydrogen (secondary N) is 1. The van der Waals surface area contributed by atoms with Gasteiger partial charge in [0, 0.05) is 50.4 Å². The SMILES string of the molecule is CNC(=O)OC(C)OC(=O)N1C(N2CCN(C)CC2)=c2ccccc2=Nc2ccc(Cl)cc21. The fourth-order valence-electron chi connectivity index (χ4n) is 3.84. The van der Waals surface area contributed by atoms with Crippen LogP contribution >= 0.6 is 11.6 Å². The molecule has 9 nitrogen and oxygen atoms in total. The second-order valence-corrected chi connectivity index (χ2v) is 8.25. The van der Waals surface area contributed by atoms with Gasteiger partial charge in [0.2, 0.25) is 6.29 Å². The van der Waals surface area contributed by atoms with Gasteiger partial charge in [0.1, 0.15) is 5.82 Å². The fraction of sp³-hybridized carbons (Fsp3) is 0.348. The lowest BCUT2D eigenvalue weighted by molar-refractivity contribution is -0.0445. The highest BCUT2D eigenvalue weighted by Crippen LogP contribution is 2.36. The van der Waals surface area contributed by atoms with Gasteiger partial charge in [0.25, 0.3) is 0 Å². The van der Waals surface area contributed by atoms with Crippen molar-refractivity contribution in [3.8, 4) is 0 Å². The van der Waals surface area contributed by atoms with Crippen molar-refractivity contribution < 1.29 is 19.1 Å². The number of anilines is 1. The molecule has 2 heterocycles. The van der Waals surface area contributed by atoms with E-state index < -0.39 is 18.5 Å². The standard InChI is InChI=1S/C23H26ClN5O4/c1-15(32-22(30)25-2)33-23(31)29-20-14-16(24)8-9-19(20)26-18-7-5-4-6-17(18)21(29)28-12-10-27(3)11-13-28/h4-9,14-15H,10-13H2,1-3H3,(H,25,30). The molecule has 33 heavy (non-hydrogen) atoms. The summed E-state index contributed by atoms with van der Waals surface area (Å²) in [4.78, 5) is 35.9. The molecule has 0 radical (unpaired) electrons. The Morgan fingerprint density at radius 3 is 2.55 bits per heavy atom. The van der Waals surface area contributed by atoms with Gasteiger partial charge in [-0.25, -0.2) is 19.5 Å². The molecule has 2 aromatic carbocycles. The number of nitrogens with zero attached hydrogens (tertiary/aromatic N) is 4. The largest absolute Gasteiger partial charge is 0.423 e. The molecule has 2 amide bonds. The number of rotatable bonds is 3. The zero-order valence-corrected chi connectivity index (χ0v) is 19.5. The minimum Gasteiger partial charge on any atom is -0.409 e. The second kappa shape index (κ2) is 9.68. The van der Waals surface area contributed by atoms with Gasteiger partial charge >= 0.3 is 12.2 Å². The number of amides is 2. The molecule has 0 aromatic heterocycles. The summed E-state index contributed by atoms with van der Waals surface area (Å²) in [6.07, 6.45) is -2.50. The fourth-order valence-corrected chi connectivity index (χ4v) is 4.00. The molecule has 1 N–H and O–H groups in total. The van der Waals surface area contributed by atoms with Crippen molar-refractivity contribution in [3.05, 3.63) is 58.1 Å². The summed E-state index contributed by atoms with van der Waals surface area (Å²) in [6.45, 7) is 4.58. The summed E-state index contributed by atoms with van der Waals surface area (Å²) >= 11 is 6.33. The molecule has 2 aliphatic heterocycles. The number of para-hydroxylation sites is 1. The van der Waals surface area contributed by atoms with Crippen molar-refractivity contribution in [2.24, 2.45) is 4.99 Å². The Kier molecular flexibility index (Phi) is 6.71. The van der Waals surface area contributed by atoms with E-state index in [4.69, 9.17) is 26.1 Å². The van der Waals surface area contributed by atoms with Crippen molar-refractivity contribution in [3.63, 3.8) is 0 Å². The highest BCUT2D eigenvalue weighted by molar-refractivity contribution is 6.31. The highest BCUT2D eigenvalue weighted by atomic mass is 35.5. The molecular weight excluding hydrogens is 446 g/mol. The minimum atomic E-state index is -1.11. The van der Waals surface area contributed by atoms with Gasteiger partial charge in [-0.2, -0.15) is 0 Å². The molecule has 174 valence electrons. The summed E-state index contributed by atoms with van der Waals surface area (Å²) in [7, 11) is 3.50. The van der Waals surface area contributed by atoms with E-state index in [2.05, 4.69) is 22.2 Å². The lowest BCUT2D eigenvalue weighted by atomic mass is 10.2. The second-order valence-electron chi connectivity index (χ2n) is 7.82. The van der Waals surface area contributed by atoms with Crippen LogP contribution in [0.3, 0.4) is 0 Å². The van der Waals surface area contributed by atoms with Gasteiger partial charge in [-0.3, -0.25) is 0 Å². The number of hydrogen-bond donors (Lipinski definition) is 1. The van der Waals surface area contributed by atoms with Crippen molar-refractivity contribution in [2.75, 3.05) is 45.2 Å². The summed E-state index contributed by atoms with van der Waals surface area (Å²) in [5, 5.41) is 4.33. The Morgan fingerprint density at radius 1 is 1.09 bits per heavy atom. The molecule has 1 unspecified atom stereocenters. The van der Waals surface area contributed by atoms with Crippen molar-refractivity contribution >= 4 is 41.0 Å². The number of ether oxygens (including phenoxy) is 2. The van der Waals surface area contributed by atoms with Gasteiger partial charge in [0.05, 0.1) is 16.7 Å². The van der Waals surface area contributed by atoms with Crippen LogP contribution in [-0.4, -0.2) is 68.6 Å². The first-order chi connectivity index (χ1) is 15.9. The van der Waals surface area contributed by atoms with Crippen molar-refractivity contribution in [1.29, 1.82) is 0 Å². The summed E-state index contributed by atoms with van der Waals surface area (Å²) in [6, 6.07) is 12.9. The summed E-state index contributed by atoms with van der Waals surface area (Å²) < 4.78 is 10.6. The first kappa shape index (κ1) is 22.9. The van der Waals surface area contributed by atoms with Crippen LogP contribution in [0.1, 0.15) is 6.92 Å². The van der Waals surface area contributed by atoms with E-state index in [1.807, 2.05) is 24.3 Å². The molecule has 0 spiro atoms. The minimum absolute atomic E-state index is 0.458. The van der Waals surface area contributed by atoms with Gasteiger partial charge in [-0.15, -0.1) is 0 Å². The zero-order chi connectivity index (χ0) is 23.5. The van der Waals surface area contributed by atoms with Crippen LogP contribution in [0.5, 0.6) is 0 Å². The topological polar surface area (TPSA) is 86.7 Å². The number of carbonyl (C=O) groups is 2. The quantitative estimate of drug-likeness (QED) is 0.691. The number of carbonyl (C=O) groups excluding carboxylic acids is 2. The van der Waals surface area contributed by atoms with Crippen LogP contribution in [0.15, 0.2) is 47.5 Å². The van der Waals surface area contributed by atoms with Crippen molar-refractivity contribution in [1.82, 2.24) is 15.1 Å². The molecule has 2 aliphatic rings. The molecule has 0 aliphatic carbocycles. The maximum Gasteiger partial charge on any atom is 0.423 e. The number of likely N-dealkylation sites (N-methyl/N-ethyl adjacent to an activating group) is 1. The first-order valence-electron chi connectivity index (χ1n) is 10.7. The third kappa shape index (κ3) is 4.89. The van der Waals surface area contributed by atoms with E-state index in [1.165, 1.54) is 18.9 Å². The Hall–Kier alpha value is -3.30. The molecule has 4 rings (SSSR count). The smallest absolute Gasteiger partial charge is 0.409 e. The third-order valence-electron chi connectivity index (χ3n) is 5.51. The highest BCUT2D eigenvalue weighted by Gasteiger charge is 2.33.